The Balaban J connectivity index is 1.49. The van der Waals surface area contributed by atoms with E-state index < -0.39 is 0 Å². The van der Waals surface area contributed by atoms with Gasteiger partial charge in [-0.2, -0.15) is 0 Å². The minimum atomic E-state index is 0.556. The molecule has 1 heterocycles. The van der Waals surface area contributed by atoms with Gasteiger partial charge in [-0.1, -0.05) is 137 Å². The fourth-order valence-electron chi connectivity index (χ4n) is 8.58. The summed E-state index contributed by atoms with van der Waals surface area (Å²) in [5.41, 5.74) is 0. The molecular weight excluding hydrogens is 436 g/mol. The molecule has 8 atom stereocenters. The molecule has 0 spiro atoms. The Morgan fingerprint density at radius 2 is 1.08 bits per heavy atom. The summed E-state index contributed by atoms with van der Waals surface area (Å²) in [6, 6.07) is 0. The second kappa shape index (κ2) is 17.5. The smallest absolute Gasteiger partial charge is 0.0635 e. The van der Waals surface area contributed by atoms with Crippen molar-refractivity contribution in [2.75, 3.05) is 0 Å². The van der Waals surface area contributed by atoms with E-state index >= 15 is 0 Å². The van der Waals surface area contributed by atoms with Gasteiger partial charge in [0.15, 0.2) is 0 Å². The summed E-state index contributed by atoms with van der Waals surface area (Å²) < 4.78 is 7.28. The van der Waals surface area contributed by atoms with Gasteiger partial charge in [0.25, 0.3) is 0 Å². The maximum atomic E-state index is 7.28. The molecule has 3 aliphatic rings. The maximum absolute atomic E-state index is 7.28. The normalized spacial score (nSPS) is 34.3. The largest absolute Gasteiger partial charge is 0.374 e. The van der Waals surface area contributed by atoms with Crippen LogP contribution in [0.5, 0.6) is 0 Å². The summed E-state index contributed by atoms with van der Waals surface area (Å²) >= 11 is 0. The third-order valence-corrected chi connectivity index (χ3v) is 11.0. The number of hydrogen-bond donors (Lipinski definition) is 0. The van der Waals surface area contributed by atoms with Crippen LogP contribution in [0.2, 0.25) is 0 Å². The van der Waals surface area contributed by atoms with Crippen molar-refractivity contribution in [3.05, 3.63) is 0 Å². The van der Waals surface area contributed by atoms with Crippen LogP contribution >= 0.6 is 0 Å². The molecule has 212 valence electrons. The number of rotatable bonds is 18. The number of unbranched alkanes of at least 4 members (excludes halogenated alkanes) is 14. The summed E-state index contributed by atoms with van der Waals surface area (Å²) in [4.78, 5) is 0. The monoisotopic (exact) mass is 503 g/mol. The SMILES string of the molecule is CCCCCCCCCCC1CC2CCC(C(CCCCCCCCCC)OC3C(C)CCC13)C2C. The van der Waals surface area contributed by atoms with Gasteiger partial charge in [0.1, 0.15) is 0 Å². The predicted octanol–water partition coefficient (Wildman–Crippen LogP) is 11.5. The van der Waals surface area contributed by atoms with Gasteiger partial charge in [0.2, 0.25) is 0 Å². The van der Waals surface area contributed by atoms with Crippen molar-refractivity contribution < 1.29 is 4.74 Å². The second-order valence-electron chi connectivity index (χ2n) is 13.7. The molecule has 0 radical (unpaired) electrons. The Hall–Kier alpha value is -0.0400. The van der Waals surface area contributed by atoms with Crippen LogP contribution in [0.25, 0.3) is 0 Å². The molecule has 1 heteroatoms. The van der Waals surface area contributed by atoms with Crippen LogP contribution in [-0.2, 0) is 4.74 Å². The van der Waals surface area contributed by atoms with Crippen LogP contribution in [0.4, 0.5) is 0 Å². The molecule has 3 rings (SSSR count). The third kappa shape index (κ3) is 9.61. The highest BCUT2D eigenvalue weighted by Gasteiger charge is 2.47. The van der Waals surface area contributed by atoms with Crippen LogP contribution in [0.1, 0.15) is 175 Å². The summed E-state index contributed by atoms with van der Waals surface area (Å²) in [6.07, 6.45) is 34.3. The Kier molecular flexibility index (Phi) is 14.9. The fourth-order valence-corrected chi connectivity index (χ4v) is 8.58. The predicted molar refractivity (Wildman–Crippen MR) is 158 cm³/mol. The van der Waals surface area contributed by atoms with Gasteiger partial charge in [-0.15, -0.1) is 0 Å². The van der Waals surface area contributed by atoms with E-state index in [0.29, 0.717) is 12.2 Å². The average Bonchev–Trinajstić information content (AvgIpc) is 3.43. The first-order valence-corrected chi connectivity index (χ1v) is 17.3. The lowest BCUT2D eigenvalue weighted by Gasteiger charge is -2.35. The Labute approximate surface area is 227 Å². The van der Waals surface area contributed by atoms with Crippen LogP contribution in [0.3, 0.4) is 0 Å². The third-order valence-electron chi connectivity index (χ3n) is 11.0. The summed E-state index contributed by atoms with van der Waals surface area (Å²) in [6.45, 7) is 9.78. The first-order chi connectivity index (χ1) is 17.7. The van der Waals surface area contributed by atoms with Crippen molar-refractivity contribution in [2.45, 2.75) is 188 Å². The number of ether oxygens (including phenoxy) is 1. The second-order valence-corrected chi connectivity index (χ2v) is 13.7. The van der Waals surface area contributed by atoms with Crippen LogP contribution < -0.4 is 0 Å². The zero-order valence-corrected chi connectivity index (χ0v) is 25.3. The minimum Gasteiger partial charge on any atom is -0.374 e. The highest BCUT2D eigenvalue weighted by atomic mass is 16.5. The van der Waals surface area contributed by atoms with Crippen molar-refractivity contribution >= 4 is 0 Å². The first-order valence-electron chi connectivity index (χ1n) is 17.3. The molecular formula is C35H66O. The van der Waals surface area contributed by atoms with E-state index in [0.717, 1.165) is 35.5 Å². The molecule has 2 saturated carbocycles. The van der Waals surface area contributed by atoms with Gasteiger partial charge >= 0.3 is 0 Å². The molecule has 0 N–H and O–H groups in total. The first kappa shape index (κ1) is 30.5. The zero-order valence-electron chi connectivity index (χ0n) is 25.3. The lowest BCUT2D eigenvalue weighted by Crippen LogP contribution is -2.36. The van der Waals surface area contributed by atoms with Crippen LogP contribution in [-0.4, -0.2) is 12.2 Å². The van der Waals surface area contributed by atoms with E-state index in [9.17, 15) is 0 Å². The summed E-state index contributed by atoms with van der Waals surface area (Å²) in [7, 11) is 0. The quantitative estimate of drug-likeness (QED) is 0.169. The molecule has 1 nitrogen and oxygen atoms in total. The fraction of sp³-hybridized carbons (Fsp3) is 1.00. The molecule has 8 unspecified atom stereocenters. The molecule has 3 fully saturated rings. The number of hydrogen-bond acceptors (Lipinski definition) is 1. The van der Waals surface area contributed by atoms with E-state index in [1.165, 1.54) is 148 Å². The molecule has 2 aliphatic carbocycles. The molecule has 1 aliphatic heterocycles. The van der Waals surface area contributed by atoms with Gasteiger partial charge in [0, 0.05) is 0 Å². The number of fused-ring (bicyclic) bond motifs is 3. The van der Waals surface area contributed by atoms with Gasteiger partial charge < -0.3 is 4.74 Å². The Bertz CT molecular complexity index is 525. The van der Waals surface area contributed by atoms with Gasteiger partial charge in [0.05, 0.1) is 12.2 Å². The van der Waals surface area contributed by atoms with Gasteiger partial charge in [-0.05, 0) is 74.0 Å². The molecule has 0 aromatic heterocycles. The highest BCUT2D eigenvalue weighted by Crippen LogP contribution is 2.51. The molecule has 0 aromatic carbocycles. The van der Waals surface area contributed by atoms with Crippen LogP contribution in [0, 0.1) is 35.5 Å². The zero-order chi connectivity index (χ0) is 25.6. The van der Waals surface area contributed by atoms with Crippen molar-refractivity contribution in [3.8, 4) is 0 Å². The minimum absolute atomic E-state index is 0.556. The summed E-state index contributed by atoms with van der Waals surface area (Å²) in [5, 5.41) is 0. The van der Waals surface area contributed by atoms with E-state index in [2.05, 4.69) is 27.7 Å². The molecule has 2 bridgehead atoms. The average molecular weight is 503 g/mol. The van der Waals surface area contributed by atoms with E-state index in [1.807, 2.05) is 0 Å². The lowest BCUT2D eigenvalue weighted by atomic mass is 9.76. The molecule has 1 saturated heterocycles. The molecule has 0 amide bonds. The maximum Gasteiger partial charge on any atom is 0.0635 e. The van der Waals surface area contributed by atoms with Gasteiger partial charge in [-0.25, -0.2) is 0 Å². The molecule has 0 aromatic rings. The topological polar surface area (TPSA) is 9.23 Å². The molecule has 36 heavy (non-hydrogen) atoms. The standard InChI is InChI=1S/C35H66O/c1-5-7-9-11-13-15-17-19-21-31-27-30-24-26-32(29(30)4)34(36-35-28(3)23-25-33(31)35)22-20-18-16-14-12-10-8-6-2/h28-35H,5-27H2,1-4H3. The Morgan fingerprint density at radius 3 is 1.69 bits per heavy atom. The Morgan fingerprint density at radius 1 is 0.556 bits per heavy atom. The van der Waals surface area contributed by atoms with E-state index in [-0.39, 0.29) is 0 Å². The lowest BCUT2D eigenvalue weighted by molar-refractivity contribution is -0.0899. The highest BCUT2D eigenvalue weighted by molar-refractivity contribution is 4.96. The van der Waals surface area contributed by atoms with E-state index in [4.69, 9.17) is 4.74 Å². The van der Waals surface area contributed by atoms with Crippen molar-refractivity contribution in [1.82, 2.24) is 0 Å². The summed E-state index contributed by atoms with van der Waals surface area (Å²) in [5.74, 6) is 5.29. The van der Waals surface area contributed by atoms with Gasteiger partial charge in [-0.3, -0.25) is 0 Å². The van der Waals surface area contributed by atoms with Crippen molar-refractivity contribution in [3.63, 3.8) is 0 Å². The van der Waals surface area contributed by atoms with E-state index in [1.54, 1.807) is 0 Å². The van der Waals surface area contributed by atoms with Crippen LogP contribution in [0.15, 0.2) is 0 Å². The van der Waals surface area contributed by atoms with Crippen molar-refractivity contribution in [2.24, 2.45) is 35.5 Å². The van der Waals surface area contributed by atoms with Crippen molar-refractivity contribution in [1.29, 1.82) is 0 Å².